The Morgan fingerprint density at radius 2 is 2.17 bits per heavy atom. The van der Waals surface area contributed by atoms with Crippen molar-refractivity contribution in [2.75, 3.05) is 13.2 Å². The predicted octanol–water partition coefficient (Wildman–Crippen LogP) is 2.04. The number of hydrogen-bond acceptors (Lipinski definition) is 4. The molecule has 0 radical (unpaired) electrons. The van der Waals surface area contributed by atoms with Crippen molar-refractivity contribution < 1.29 is 14.9 Å². The van der Waals surface area contributed by atoms with E-state index in [-0.39, 0.29) is 12.4 Å². The molecule has 0 saturated heterocycles. The second-order valence-electron chi connectivity index (χ2n) is 4.38. The van der Waals surface area contributed by atoms with Gasteiger partial charge in [-0.25, -0.2) is 0 Å². The quantitative estimate of drug-likeness (QED) is 0.663. The minimum atomic E-state index is 0.175. The molecule has 0 aliphatic heterocycles. The van der Waals surface area contributed by atoms with Crippen molar-refractivity contribution in [1.82, 2.24) is 5.32 Å². The Kier molecular flexibility index (Phi) is 6.54. The third-order valence-electron chi connectivity index (χ3n) is 2.77. The van der Waals surface area contributed by atoms with Gasteiger partial charge in [0.1, 0.15) is 0 Å². The second kappa shape index (κ2) is 7.95. The summed E-state index contributed by atoms with van der Waals surface area (Å²) in [7, 11) is 0. The summed E-state index contributed by atoms with van der Waals surface area (Å²) < 4.78 is 5.34. The highest BCUT2D eigenvalue weighted by Gasteiger charge is 2.05. The van der Waals surface area contributed by atoms with Crippen LogP contribution in [0.15, 0.2) is 18.2 Å². The zero-order valence-corrected chi connectivity index (χ0v) is 11.1. The van der Waals surface area contributed by atoms with Gasteiger partial charge in [0.15, 0.2) is 11.5 Å². The van der Waals surface area contributed by atoms with Crippen molar-refractivity contribution in [2.24, 2.45) is 0 Å². The van der Waals surface area contributed by atoms with Crippen LogP contribution in [-0.2, 0) is 6.54 Å². The molecule has 0 aliphatic carbocycles. The van der Waals surface area contributed by atoms with Crippen molar-refractivity contribution in [3.05, 3.63) is 23.8 Å². The van der Waals surface area contributed by atoms with E-state index in [2.05, 4.69) is 12.2 Å². The third kappa shape index (κ3) is 4.94. The van der Waals surface area contributed by atoms with Gasteiger partial charge in [-0.1, -0.05) is 6.07 Å². The van der Waals surface area contributed by atoms with Crippen LogP contribution in [0.25, 0.3) is 0 Å². The van der Waals surface area contributed by atoms with Crippen LogP contribution in [0.3, 0.4) is 0 Å². The van der Waals surface area contributed by atoms with E-state index < -0.39 is 0 Å². The molecule has 0 spiro atoms. The monoisotopic (exact) mass is 253 g/mol. The Morgan fingerprint density at radius 3 is 2.83 bits per heavy atom. The summed E-state index contributed by atoms with van der Waals surface area (Å²) in [6.45, 7) is 5.49. The van der Waals surface area contributed by atoms with Crippen LogP contribution in [0.2, 0.25) is 0 Å². The number of rotatable bonds is 8. The van der Waals surface area contributed by atoms with Crippen LogP contribution in [0.5, 0.6) is 11.5 Å². The first-order chi connectivity index (χ1) is 8.67. The third-order valence-corrected chi connectivity index (χ3v) is 2.77. The Morgan fingerprint density at radius 1 is 1.39 bits per heavy atom. The fourth-order valence-electron chi connectivity index (χ4n) is 1.73. The Balaban J connectivity index is 2.49. The molecule has 0 aromatic heterocycles. The number of hydrogen-bond donors (Lipinski definition) is 3. The van der Waals surface area contributed by atoms with Gasteiger partial charge < -0.3 is 20.3 Å². The first-order valence-corrected chi connectivity index (χ1v) is 6.46. The summed E-state index contributed by atoms with van der Waals surface area (Å²) in [5, 5.41) is 21.7. The molecule has 3 N–H and O–H groups in total. The fraction of sp³-hybridized carbons (Fsp3) is 0.571. The van der Waals surface area contributed by atoms with Gasteiger partial charge in [-0.15, -0.1) is 0 Å². The van der Waals surface area contributed by atoms with E-state index in [0.29, 0.717) is 18.4 Å². The molecule has 0 aliphatic rings. The minimum absolute atomic E-state index is 0.175. The van der Waals surface area contributed by atoms with Crippen LogP contribution < -0.4 is 10.1 Å². The SMILES string of the molecule is CCOc1cc(CNC(C)CCCO)ccc1O. The van der Waals surface area contributed by atoms with Crippen molar-refractivity contribution in [3.8, 4) is 11.5 Å². The normalized spacial score (nSPS) is 12.4. The maximum atomic E-state index is 9.59. The molecule has 0 bridgehead atoms. The van der Waals surface area contributed by atoms with E-state index in [0.717, 1.165) is 24.9 Å². The summed E-state index contributed by atoms with van der Waals surface area (Å²) in [5.74, 6) is 0.703. The lowest BCUT2D eigenvalue weighted by Crippen LogP contribution is -2.25. The molecule has 0 fully saturated rings. The van der Waals surface area contributed by atoms with Gasteiger partial charge in [-0.3, -0.25) is 0 Å². The summed E-state index contributed by atoms with van der Waals surface area (Å²) >= 11 is 0. The van der Waals surface area contributed by atoms with Crippen LogP contribution in [0, 0.1) is 0 Å². The molecule has 102 valence electrons. The second-order valence-corrected chi connectivity index (χ2v) is 4.38. The molecule has 18 heavy (non-hydrogen) atoms. The zero-order valence-electron chi connectivity index (χ0n) is 11.1. The van der Waals surface area contributed by atoms with Crippen LogP contribution >= 0.6 is 0 Å². The first-order valence-electron chi connectivity index (χ1n) is 6.46. The van der Waals surface area contributed by atoms with Crippen LogP contribution in [0.4, 0.5) is 0 Å². The topological polar surface area (TPSA) is 61.7 Å². The average Bonchev–Trinajstić information content (AvgIpc) is 2.37. The lowest BCUT2D eigenvalue weighted by molar-refractivity contribution is 0.276. The van der Waals surface area contributed by atoms with Crippen molar-refractivity contribution >= 4 is 0 Å². The molecule has 1 atom stereocenters. The standard InChI is InChI=1S/C14H23NO3/c1-3-18-14-9-12(6-7-13(14)17)10-15-11(2)5-4-8-16/h6-7,9,11,15-17H,3-5,8,10H2,1-2H3. The molecule has 0 saturated carbocycles. The maximum absolute atomic E-state index is 9.59. The number of phenols is 1. The lowest BCUT2D eigenvalue weighted by Gasteiger charge is -2.14. The van der Waals surface area contributed by atoms with Gasteiger partial charge >= 0.3 is 0 Å². The number of ether oxygens (including phenoxy) is 1. The van der Waals surface area contributed by atoms with Gasteiger partial charge in [0, 0.05) is 19.2 Å². The van der Waals surface area contributed by atoms with Crippen molar-refractivity contribution in [2.45, 2.75) is 39.3 Å². The molecule has 0 amide bonds. The van der Waals surface area contributed by atoms with E-state index in [1.807, 2.05) is 19.1 Å². The molecule has 4 heteroatoms. The number of aromatic hydroxyl groups is 1. The number of phenolic OH excluding ortho intramolecular Hbond substituents is 1. The molecule has 0 heterocycles. The maximum Gasteiger partial charge on any atom is 0.161 e. The first kappa shape index (κ1) is 14.8. The summed E-state index contributed by atoms with van der Waals surface area (Å²) in [6.07, 6.45) is 1.76. The Hall–Kier alpha value is -1.26. The van der Waals surface area contributed by atoms with Gasteiger partial charge in [0.2, 0.25) is 0 Å². The molecular weight excluding hydrogens is 230 g/mol. The highest BCUT2D eigenvalue weighted by molar-refractivity contribution is 5.41. The largest absolute Gasteiger partial charge is 0.504 e. The lowest BCUT2D eigenvalue weighted by atomic mass is 10.1. The van der Waals surface area contributed by atoms with E-state index in [4.69, 9.17) is 9.84 Å². The smallest absolute Gasteiger partial charge is 0.161 e. The summed E-state index contributed by atoms with van der Waals surface area (Å²) in [6, 6.07) is 5.75. The minimum Gasteiger partial charge on any atom is -0.504 e. The van der Waals surface area contributed by atoms with Crippen molar-refractivity contribution in [3.63, 3.8) is 0 Å². The number of aliphatic hydroxyl groups is 1. The van der Waals surface area contributed by atoms with E-state index in [9.17, 15) is 5.11 Å². The number of aliphatic hydroxyl groups excluding tert-OH is 1. The van der Waals surface area contributed by atoms with Gasteiger partial charge in [-0.2, -0.15) is 0 Å². The summed E-state index contributed by atoms with van der Waals surface area (Å²) in [5.41, 5.74) is 1.08. The highest BCUT2D eigenvalue weighted by Crippen LogP contribution is 2.26. The van der Waals surface area contributed by atoms with Crippen LogP contribution in [-0.4, -0.2) is 29.5 Å². The van der Waals surface area contributed by atoms with E-state index >= 15 is 0 Å². The molecular formula is C14H23NO3. The Labute approximate surface area is 109 Å². The van der Waals surface area contributed by atoms with Gasteiger partial charge in [0.25, 0.3) is 0 Å². The van der Waals surface area contributed by atoms with Crippen LogP contribution in [0.1, 0.15) is 32.3 Å². The highest BCUT2D eigenvalue weighted by atomic mass is 16.5. The fourth-order valence-corrected chi connectivity index (χ4v) is 1.73. The Bertz CT molecular complexity index is 355. The molecule has 1 aromatic rings. The predicted molar refractivity (Wildman–Crippen MR) is 71.9 cm³/mol. The van der Waals surface area contributed by atoms with Gasteiger partial charge in [0.05, 0.1) is 6.61 Å². The van der Waals surface area contributed by atoms with Crippen molar-refractivity contribution in [1.29, 1.82) is 0 Å². The number of nitrogens with one attached hydrogen (secondary N) is 1. The van der Waals surface area contributed by atoms with E-state index in [1.165, 1.54) is 0 Å². The molecule has 4 nitrogen and oxygen atoms in total. The van der Waals surface area contributed by atoms with E-state index in [1.54, 1.807) is 6.07 Å². The zero-order chi connectivity index (χ0) is 13.4. The average molecular weight is 253 g/mol. The van der Waals surface area contributed by atoms with Gasteiger partial charge in [-0.05, 0) is 44.4 Å². The molecule has 1 aromatic carbocycles. The molecule has 1 rings (SSSR count). The molecule has 1 unspecified atom stereocenters. The number of benzene rings is 1. The summed E-state index contributed by atoms with van der Waals surface area (Å²) in [4.78, 5) is 0.